The van der Waals surface area contributed by atoms with E-state index in [1.807, 2.05) is 11.0 Å². The molecule has 0 radical (unpaired) electrons. The van der Waals surface area contributed by atoms with Crippen molar-refractivity contribution in [2.24, 2.45) is 0 Å². The fraction of sp³-hybridized carbons (Fsp3) is 0.417. The molecule has 0 atom stereocenters. The zero-order valence-corrected chi connectivity index (χ0v) is 9.46. The minimum Gasteiger partial charge on any atom is -0.298 e. The number of piperidine rings is 1. The van der Waals surface area contributed by atoms with Crippen molar-refractivity contribution >= 4 is 11.5 Å². The van der Waals surface area contributed by atoms with E-state index in [-0.39, 0.29) is 11.5 Å². The Bertz CT molecular complexity index is 445. The van der Waals surface area contributed by atoms with Crippen LogP contribution in [0.25, 0.3) is 0 Å². The van der Waals surface area contributed by atoms with Crippen LogP contribution in [0.2, 0.25) is 0 Å². The summed E-state index contributed by atoms with van der Waals surface area (Å²) in [6.07, 6.45) is 1.54. The molecule has 0 N–H and O–H groups in total. The third-order valence-corrected chi connectivity index (χ3v) is 2.86. The van der Waals surface area contributed by atoms with Crippen LogP contribution < -0.4 is 0 Å². The lowest BCUT2D eigenvalue weighted by atomic mass is 10.1. The molecule has 1 aliphatic rings. The minimum absolute atomic E-state index is 0.103. The van der Waals surface area contributed by atoms with Gasteiger partial charge in [-0.25, -0.2) is 0 Å². The number of hydrogen-bond acceptors (Lipinski definition) is 4. The largest absolute Gasteiger partial charge is 0.298 e. The van der Waals surface area contributed by atoms with Crippen LogP contribution in [0.1, 0.15) is 18.4 Å². The van der Waals surface area contributed by atoms with E-state index in [0.717, 1.165) is 18.5 Å². The molecule has 1 saturated heterocycles. The average Bonchev–Trinajstić information content (AvgIpc) is 2.29. The van der Waals surface area contributed by atoms with Gasteiger partial charge in [0, 0.05) is 25.1 Å². The number of hydrogen-bond donors (Lipinski definition) is 0. The molecule has 17 heavy (non-hydrogen) atoms. The van der Waals surface area contributed by atoms with E-state index in [4.69, 9.17) is 0 Å². The van der Waals surface area contributed by atoms with Crippen LogP contribution >= 0.6 is 0 Å². The lowest BCUT2D eigenvalue weighted by Crippen LogP contribution is -2.34. The highest BCUT2D eigenvalue weighted by atomic mass is 16.6. The van der Waals surface area contributed by atoms with Gasteiger partial charge in [-0.15, -0.1) is 0 Å². The maximum atomic E-state index is 11.3. The summed E-state index contributed by atoms with van der Waals surface area (Å²) in [6.45, 7) is 1.95. The van der Waals surface area contributed by atoms with Crippen LogP contribution in [0.3, 0.4) is 0 Å². The van der Waals surface area contributed by atoms with Crippen LogP contribution in [0.15, 0.2) is 24.3 Å². The smallest absolute Gasteiger partial charge is 0.269 e. The quantitative estimate of drug-likeness (QED) is 0.590. The highest BCUT2D eigenvalue weighted by Crippen LogP contribution is 2.16. The molecular formula is C12H14N2O3. The number of carbonyl (C=O) groups excluding carboxylic acids is 1. The summed E-state index contributed by atoms with van der Waals surface area (Å²) < 4.78 is 0. The van der Waals surface area contributed by atoms with Gasteiger partial charge in [0.05, 0.1) is 11.5 Å². The Kier molecular flexibility index (Phi) is 3.49. The number of non-ortho nitro benzene ring substituents is 1. The summed E-state index contributed by atoms with van der Waals surface area (Å²) in [7, 11) is 0. The van der Waals surface area contributed by atoms with Gasteiger partial charge in [-0.2, -0.15) is 0 Å². The topological polar surface area (TPSA) is 63.5 Å². The van der Waals surface area contributed by atoms with Crippen molar-refractivity contribution in [1.29, 1.82) is 0 Å². The lowest BCUT2D eigenvalue weighted by molar-refractivity contribution is -0.384. The summed E-state index contributed by atoms with van der Waals surface area (Å²) >= 11 is 0. The van der Waals surface area contributed by atoms with Gasteiger partial charge in [-0.1, -0.05) is 12.1 Å². The van der Waals surface area contributed by atoms with Gasteiger partial charge in [0.1, 0.15) is 5.78 Å². The molecule has 0 amide bonds. The standard InChI is InChI=1S/C12H14N2O3/c15-12-5-2-6-13(9-12)8-10-3-1-4-11(7-10)14(16)17/h1,3-4,7H,2,5-6,8-9H2. The van der Waals surface area contributed by atoms with Crippen molar-refractivity contribution in [1.82, 2.24) is 4.90 Å². The second-order valence-electron chi connectivity index (χ2n) is 4.28. The normalized spacial score (nSPS) is 17.1. The molecule has 0 spiro atoms. The van der Waals surface area contributed by atoms with Gasteiger partial charge in [-0.05, 0) is 18.5 Å². The monoisotopic (exact) mass is 234 g/mol. The van der Waals surface area contributed by atoms with Crippen molar-refractivity contribution in [2.45, 2.75) is 19.4 Å². The van der Waals surface area contributed by atoms with Crippen molar-refractivity contribution in [3.05, 3.63) is 39.9 Å². The predicted molar refractivity (Wildman–Crippen MR) is 62.6 cm³/mol. The number of carbonyl (C=O) groups is 1. The Morgan fingerprint density at radius 1 is 1.41 bits per heavy atom. The molecule has 1 aromatic rings. The molecule has 0 saturated carbocycles. The fourth-order valence-electron chi connectivity index (χ4n) is 2.07. The first kappa shape index (κ1) is 11.7. The molecule has 0 bridgehead atoms. The second kappa shape index (κ2) is 5.05. The van der Waals surface area contributed by atoms with Crippen LogP contribution in [-0.2, 0) is 11.3 Å². The van der Waals surface area contributed by atoms with Crippen molar-refractivity contribution in [3.8, 4) is 0 Å². The third-order valence-electron chi connectivity index (χ3n) is 2.86. The molecular weight excluding hydrogens is 220 g/mol. The Morgan fingerprint density at radius 3 is 2.94 bits per heavy atom. The van der Waals surface area contributed by atoms with E-state index in [9.17, 15) is 14.9 Å². The second-order valence-corrected chi connectivity index (χ2v) is 4.28. The number of ketones is 1. The number of nitrogens with zero attached hydrogens (tertiary/aromatic N) is 2. The predicted octanol–water partition coefficient (Wildman–Crippen LogP) is 1.76. The number of nitro groups is 1. The van der Waals surface area contributed by atoms with Crippen LogP contribution in [-0.4, -0.2) is 28.7 Å². The van der Waals surface area contributed by atoms with E-state index >= 15 is 0 Å². The lowest BCUT2D eigenvalue weighted by Gasteiger charge is -2.25. The molecule has 1 heterocycles. The van der Waals surface area contributed by atoms with Gasteiger partial charge in [-0.3, -0.25) is 19.8 Å². The molecule has 5 heteroatoms. The van der Waals surface area contributed by atoms with Crippen LogP contribution in [0.5, 0.6) is 0 Å². The number of benzene rings is 1. The molecule has 0 aliphatic carbocycles. The molecule has 1 aliphatic heterocycles. The maximum Gasteiger partial charge on any atom is 0.269 e. The first-order valence-corrected chi connectivity index (χ1v) is 5.62. The Hall–Kier alpha value is -1.75. The first-order valence-electron chi connectivity index (χ1n) is 5.62. The number of Topliss-reactive ketones (excluding diaryl/α,β-unsaturated/α-hetero) is 1. The third kappa shape index (κ3) is 3.10. The average molecular weight is 234 g/mol. The Labute approximate surface area is 99.2 Å². The zero-order chi connectivity index (χ0) is 12.3. The van der Waals surface area contributed by atoms with Crippen molar-refractivity contribution in [2.75, 3.05) is 13.1 Å². The summed E-state index contributed by atoms with van der Waals surface area (Å²) in [6, 6.07) is 6.58. The summed E-state index contributed by atoms with van der Waals surface area (Å²) in [5.74, 6) is 0.252. The van der Waals surface area contributed by atoms with E-state index in [0.29, 0.717) is 19.5 Å². The maximum absolute atomic E-state index is 11.3. The number of likely N-dealkylation sites (tertiary alicyclic amines) is 1. The summed E-state index contributed by atoms with van der Waals surface area (Å²) in [5, 5.41) is 10.6. The van der Waals surface area contributed by atoms with Gasteiger partial charge in [0.15, 0.2) is 0 Å². The van der Waals surface area contributed by atoms with E-state index < -0.39 is 4.92 Å². The van der Waals surface area contributed by atoms with E-state index in [1.165, 1.54) is 6.07 Å². The van der Waals surface area contributed by atoms with Crippen LogP contribution in [0, 0.1) is 10.1 Å². The minimum atomic E-state index is -0.398. The van der Waals surface area contributed by atoms with Gasteiger partial charge in [0.25, 0.3) is 5.69 Å². The molecule has 5 nitrogen and oxygen atoms in total. The summed E-state index contributed by atoms with van der Waals surface area (Å²) in [5.41, 5.74) is 0.986. The Morgan fingerprint density at radius 2 is 2.24 bits per heavy atom. The molecule has 0 unspecified atom stereocenters. The van der Waals surface area contributed by atoms with Crippen molar-refractivity contribution in [3.63, 3.8) is 0 Å². The van der Waals surface area contributed by atoms with E-state index in [1.54, 1.807) is 12.1 Å². The first-order chi connectivity index (χ1) is 8.15. The number of rotatable bonds is 3. The van der Waals surface area contributed by atoms with Crippen molar-refractivity contribution < 1.29 is 9.72 Å². The number of nitro benzene ring substituents is 1. The Balaban J connectivity index is 2.05. The molecule has 1 aromatic carbocycles. The van der Waals surface area contributed by atoms with Gasteiger partial charge in [0.2, 0.25) is 0 Å². The highest BCUT2D eigenvalue weighted by Gasteiger charge is 2.17. The molecule has 0 aromatic heterocycles. The fourth-order valence-corrected chi connectivity index (χ4v) is 2.07. The zero-order valence-electron chi connectivity index (χ0n) is 9.46. The highest BCUT2D eigenvalue weighted by molar-refractivity contribution is 5.81. The van der Waals surface area contributed by atoms with Crippen LogP contribution in [0.4, 0.5) is 5.69 Å². The molecule has 2 rings (SSSR count). The van der Waals surface area contributed by atoms with Gasteiger partial charge >= 0.3 is 0 Å². The summed E-state index contributed by atoms with van der Waals surface area (Å²) in [4.78, 5) is 23.6. The SMILES string of the molecule is O=C1CCCN(Cc2cccc([N+](=O)[O-])c2)C1. The molecule has 1 fully saturated rings. The van der Waals surface area contributed by atoms with E-state index in [2.05, 4.69) is 0 Å². The molecule has 90 valence electrons. The van der Waals surface area contributed by atoms with Gasteiger partial charge < -0.3 is 0 Å².